The van der Waals surface area contributed by atoms with Crippen LogP contribution in [-0.4, -0.2) is 18.1 Å². The minimum atomic E-state index is -1.23. The number of aryl methyl sites for hydroxylation is 1. The van der Waals surface area contributed by atoms with E-state index in [0.717, 1.165) is 50.1 Å². The van der Waals surface area contributed by atoms with Crippen molar-refractivity contribution in [2.45, 2.75) is 6.92 Å². The van der Waals surface area contributed by atoms with E-state index in [1.54, 1.807) is 24.3 Å². The molecule has 0 bridgehead atoms. The van der Waals surface area contributed by atoms with Crippen molar-refractivity contribution >= 4 is 18.1 Å². The highest BCUT2D eigenvalue weighted by Crippen LogP contribution is 2.42. The standard InChI is InChI=1S/C33H24O4.CO2/c1-21-7-9-23(10-8-21)29-20-31(25-13-17-27(18-14-25)33(36)37)30(19-28(29)22-5-3-2-4-6-22)24-11-15-26(16-12-24)32(34)35;2-1-3/h2-20H,1H3,(H,34,35)(H,36,37);/p-2. The summed E-state index contributed by atoms with van der Waals surface area (Å²) in [4.78, 5) is 38.9. The van der Waals surface area contributed by atoms with Crippen LogP contribution >= 0.6 is 0 Å². The second kappa shape index (κ2) is 12.3. The normalized spacial score (nSPS) is 10.1. The van der Waals surface area contributed by atoms with Gasteiger partial charge in [-0.25, -0.2) is 0 Å². The maximum Gasteiger partial charge on any atom is 0.373 e. The van der Waals surface area contributed by atoms with Crippen LogP contribution in [0.3, 0.4) is 0 Å². The molecule has 5 aromatic carbocycles. The van der Waals surface area contributed by atoms with Crippen molar-refractivity contribution in [1.29, 1.82) is 0 Å². The number of benzene rings is 5. The summed E-state index contributed by atoms with van der Waals surface area (Å²) < 4.78 is 0. The number of aromatic carboxylic acids is 2. The van der Waals surface area contributed by atoms with Crippen molar-refractivity contribution in [2.24, 2.45) is 0 Å². The van der Waals surface area contributed by atoms with Crippen LogP contribution in [0.25, 0.3) is 44.5 Å². The molecule has 0 aliphatic carbocycles. The summed E-state index contributed by atoms with van der Waals surface area (Å²) in [5, 5.41) is 22.7. The van der Waals surface area contributed by atoms with Gasteiger partial charge in [-0.15, -0.1) is 0 Å². The quantitative estimate of drug-likeness (QED) is 0.314. The molecule has 6 nitrogen and oxygen atoms in total. The zero-order chi connectivity index (χ0) is 28.6. The summed E-state index contributed by atoms with van der Waals surface area (Å²) in [6.07, 6.45) is 0.250. The van der Waals surface area contributed by atoms with Gasteiger partial charge in [-0.2, -0.15) is 9.59 Å². The van der Waals surface area contributed by atoms with Crippen LogP contribution in [-0.2, 0) is 9.59 Å². The van der Waals surface area contributed by atoms with Gasteiger partial charge >= 0.3 is 6.15 Å². The Kier molecular flexibility index (Phi) is 8.45. The molecule has 0 saturated carbocycles. The molecule has 0 fully saturated rings. The van der Waals surface area contributed by atoms with Crippen molar-refractivity contribution in [3.63, 3.8) is 0 Å². The van der Waals surface area contributed by atoms with E-state index >= 15 is 0 Å². The minimum Gasteiger partial charge on any atom is -0.545 e. The number of hydrogen-bond acceptors (Lipinski definition) is 6. The molecule has 0 spiro atoms. The van der Waals surface area contributed by atoms with Gasteiger partial charge in [0.15, 0.2) is 0 Å². The SMILES string of the molecule is Cc1ccc(-c2cc(-c3ccc(C(=O)[O-])cc3)c(-c3ccc(C(=O)[O-])cc3)cc2-c2ccccc2)cc1.O=C=O. The molecule has 0 aliphatic heterocycles. The lowest BCUT2D eigenvalue weighted by Crippen LogP contribution is -2.22. The third-order valence-electron chi connectivity index (χ3n) is 6.47. The largest absolute Gasteiger partial charge is 0.545 e. The van der Waals surface area contributed by atoms with Gasteiger partial charge < -0.3 is 19.8 Å². The first kappa shape index (κ1) is 27.5. The molecule has 6 heteroatoms. The molecule has 0 aliphatic rings. The van der Waals surface area contributed by atoms with E-state index < -0.39 is 11.9 Å². The predicted molar refractivity (Wildman–Crippen MR) is 147 cm³/mol. The Morgan fingerprint density at radius 1 is 0.500 bits per heavy atom. The first-order valence-corrected chi connectivity index (χ1v) is 12.3. The van der Waals surface area contributed by atoms with Gasteiger partial charge in [0.05, 0.1) is 11.9 Å². The van der Waals surface area contributed by atoms with Crippen LogP contribution in [0.1, 0.15) is 26.3 Å². The van der Waals surface area contributed by atoms with Crippen molar-refractivity contribution in [2.75, 3.05) is 0 Å². The van der Waals surface area contributed by atoms with E-state index in [1.165, 1.54) is 24.3 Å². The van der Waals surface area contributed by atoms with Gasteiger partial charge in [-0.05, 0) is 74.7 Å². The van der Waals surface area contributed by atoms with Crippen LogP contribution in [0.5, 0.6) is 0 Å². The van der Waals surface area contributed by atoms with Crippen LogP contribution < -0.4 is 10.2 Å². The molecule has 5 aromatic rings. The molecule has 0 saturated heterocycles. The molecule has 0 N–H and O–H groups in total. The zero-order valence-corrected chi connectivity index (χ0v) is 21.4. The van der Waals surface area contributed by atoms with E-state index in [2.05, 4.69) is 48.5 Å². The van der Waals surface area contributed by atoms with Gasteiger partial charge in [-0.1, -0.05) is 109 Å². The van der Waals surface area contributed by atoms with E-state index in [4.69, 9.17) is 9.59 Å². The molecular formula is C34H22O6-2. The van der Waals surface area contributed by atoms with E-state index in [1.807, 2.05) is 25.1 Å². The fourth-order valence-corrected chi connectivity index (χ4v) is 4.48. The maximum absolute atomic E-state index is 11.3. The Bertz CT molecular complexity index is 1680. The molecule has 0 unspecified atom stereocenters. The number of rotatable bonds is 6. The summed E-state index contributed by atoms with van der Waals surface area (Å²) in [5.74, 6) is -2.46. The number of carboxylic acids is 2. The van der Waals surface area contributed by atoms with Gasteiger partial charge in [0, 0.05) is 0 Å². The van der Waals surface area contributed by atoms with Crippen molar-refractivity contribution in [3.8, 4) is 44.5 Å². The molecule has 196 valence electrons. The molecule has 0 amide bonds. The van der Waals surface area contributed by atoms with Gasteiger partial charge in [0.25, 0.3) is 0 Å². The van der Waals surface area contributed by atoms with E-state index in [0.29, 0.717) is 0 Å². The van der Waals surface area contributed by atoms with Crippen LogP contribution in [0.2, 0.25) is 0 Å². The Morgan fingerprint density at radius 2 is 0.800 bits per heavy atom. The number of carbonyl (C=O) groups is 2. The minimum absolute atomic E-state index is 0.100. The zero-order valence-electron chi connectivity index (χ0n) is 21.4. The molecule has 40 heavy (non-hydrogen) atoms. The topological polar surface area (TPSA) is 114 Å². The summed E-state index contributed by atoms with van der Waals surface area (Å²) in [6, 6.07) is 35.8. The lowest BCUT2D eigenvalue weighted by atomic mass is 9.85. The van der Waals surface area contributed by atoms with Crippen LogP contribution in [0, 0.1) is 6.92 Å². The number of carbonyl (C=O) groups excluding carboxylic acids is 4. The molecule has 0 heterocycles. The summed E-state index contributed by atoms with van der Waals surface area (Å²) in [5.41, 5.74) is 8.95. The number of carboxylic acid groups (broad SMARTS) is 2. The Balaban J connectivity index is 0.00000118. The lowest BCUT2D eigenvalue weighted by molar-refractivity contribution is -0.256. The molecular weight excluding hydrogens is 504 g/mol. The van der Waals surface area contributed by atoms with Crippen molar-refractivity contribution in [1.82, 2.24) is 0 Å². The average molecular weight is 527 g/mol. The summed E-state index contributed by atoms with van der Waals surface area (Å²) >= 11 is 0. The summed E-state index contributed by atoms with van der Waals surface area (Å²) in [6.45, 7) is 2.05. The highest BCUT2D eigenvalue weighted by Gasteiger charge is 2.16. The average Bonchev–Trinajstić information content (AvgIpc) is 2.98. The van der Waals surface area contributed by atoms with E-state index in [-0.39, 0.29) is 17.3 Å². The highest BCUT2D eigenvalue weighted by molar-refractivity contribution is 5.96. The number of hydrogen-bond donors (Lipinski definition) is 0. The smallest absolute Gasteiger partial charge is 0.373 e. The van der Waals surface area contributed by atoms with Crippen LogP contribution in [0.4, 0.5) is 0 Å². The van der Waals surface area contributed by atoms with Gasteiger partial charge in [0.2, 0.25) is 0 Å². The highest BCUT2D eigenvalue weighted by atomic mass is 16.4. The van der Waals surface area contributed by atoms with E-state index in [9.17, 15) is 19.8 Å². The van der Waals surface area contributed by atoms with Gasteiger partial charge in [0.1, 0.15) is 0 Å². The molecule has 0 aromatic heterocycles. The lowest BCUT2D eigenvalue weighted by Gasteiger charge is -2.19. The second-order valence-corrected chi connectivity index (χ2v) is 8.99. The van der Waals surface area contributed by atoms with Crippen LogP contribution in [0.15, 0.2) is 115 Å². The molecule has 0 radical (unpaired) electrons. The fourth-order valence-electron chi connectivity index (χ4n) is 4.48. The Hall–Kier alpha value is -5.58. The third kappa shape index (κ3) is 6.10. The fraction of sp³-hybridized carbons (Fsp3) is 0.0294. The monoisotopic (exact) mass is 526 g/mol. The predicted octanol–water partition coefficient (Wildman–Crippen LogP) is 4.81. The summed E-state index contributed by atoms with van der Waals surface area (Å²) in [7, 11) is 0. The Labute approximate surface area is 230 Å². The van der Waals surface area contributed by atoms with Crippen molar-refractivity contribution in [3.05, 3.63) is 132 Å². The first-order valence-electron chi connectivity index (χ1n) is 12.3. The van der Waals surface area contributed by atoms with Crippen molar-refractivity contribution < 1.29 is 29.4 Å². The third-order valence-corrected chi connectivity index (χ3v) is 6.47. The maximum atomic E-state index is 11.3. The second-order valence-electron chi connectivity index (χ2n) is 8.99. The molecule has 5 rings (SSSR count). The van der Waals surface area contributed by atoms with Gasteiger partial charge in [-0.3, -0.25) is 0 Å². The first-order chi connectivity index (χ1) is 19.3. The Morgan fingerprint density at radius 3 is 1.12 bits per heavy atom. The molecule has 0 atom stereocenters.